The maximum atomic E-state index is 13.4. The molecule has 16 heavy (non-hydrogen) atoms. The number of hydrogen-bond donors (Lipinski definition) is 1. The van der Waals surface area contributed by atoms with Crippen LogP contribution >= 0.6 is 0 Å². The zero-order valence-corrected chi connectivity index (χ0v) is 9.58. The average molecular weight is 223 g/mol. The Bertz CT molecular complexity index is 336. The van der Waals surface area contributed by atoms with Gasteiger partial charge in [0.15, 0.2) is 0 Å². The molecule has 3 heteroatoms. The molecule has 0 aliphatic carbocycles. The van der Waals surface area contributed by atoms with Gasteiger partial charge in [-0.1, -0.05) is 12.1 Å². The van der Waals surface area contributed by atoms with Gasteiger partial charge >= 0.3 is 0 Å². The molecule has 0 bridgehead atoms. The summed E-state index contributed by atoms with van der Waals surface area (Å²) in [5.41, 5.74) is 0.577. The van der Waals surface area contributed by atoms with Crippen LogP contribution in [-0.2, 0) is 4.74 Å². The van der Waals surface area contributed by atoms with Gasteiger partial charge in [-0.3, -0.25) is 0 Å². The van der Waals surface area contributed by atoms with Crippen molar-refractivity contribution in [2.45, 2.75) is 38.3 Å². The van der Waals surface area contributed by atoms with Gasteiger partial charge < -0.3 is 10.1 Å². The molecule has 0 radical (unpaired) electrons. The first-order valence-electron chi connectivity index (χ1n) is 5.88. The van der Waals surface area contributed by atoms with Crippen LogP contribution in [0.5, 0.6) is 0 Å². The number of benzene rings is 1. The van der Waals surface area contributed by atoms with Gasteiger partial charge in [0.05, 0.1) is 11.8 Å². The zero-order valence-electron chi connectivity index (χ0n) is 9.58. The summed E-state index contributed by atoms with van der Waals surface area (Å²) in [5.74, 6) is -0.193. The Morgan fingerprint density at radius 1 is 1.50 bits per heavy atom. The number of hydrogen-bond acceptors (Lipinski definition) is 2. The first-order valence-corrected chi connectivity index (χ1v) is 5.88. The van der Waals surface area contributed by atoms with E-state index in [1.165, 1.54) is 6.07 Å². The van der Waals surface area contributed by atoms with Crippen molar-refractivity contribution in [1.29, 1.82) is 0 Å². The van der Waals surface area contributed by atoms with Crippen LogP contribution in [0.3, 0.4) is 0 Å². The molecular weight excluding hydrogens is 205 g/mol. The van der Waals surface area contributed by atoms with E-state index in [2.05, 4.69) is 12.2 Å². The van der Waals surface area contributed by atoms with Crippen LogP contribution in [0.4, 0.5) is 10.1 Å². The highest BCUT2D eigenvalue weighted by molar-refractivity contribution is 5.44. The summed E-state index contributed by atoms with van der Waals surface area (Å²) in [4.78, 5) is 0. The highest BCUT2D eigenvalue weighted by Crippen LogP contribution is 2.20. The number of nitrogens with one attached hydrogen (secondary N) is 1. The van der Waals surface area contributed by atoms with E-state index in [1.807, 2.05) is 6.07 Å². The van der Waals surface area contributed by atoms with Gasteiger partial charge in [0.2, 0.25) is 0 Å². The van der Waals surface area contributed by atoms with E-state index in [0.29, 0.717) is 11.8 Å². The van der Waals surface area contributed by atoms with Crippen LogP contribution in [0.25, 0.3) is 0 Å². The lowest BCUT2D eigenvalue weighted by Crippen LogP contribution is -2.22. The van der Waals surface area contributed by atoms with Crippen LogP contribution in [0.15, 0.2) is 24.3 Å². The quantitative estimate of drug-likeness (QED) is 0.846. The fraction of sp³-hybridized carbons (Fsp3) is 0.538. The molecule has 1 fully saturated rings. The summed E-state index contributed by atoms with van der Waals surface area (Å²) in [7, 11) is 0. The second-order valence-electron chi connectivity index (χ2n) is 4.40. The largest absolute Gasteiger partial charge is 0.380 e. The Kier molecular flexibility index (Phi) is 3.78. The monoisotopic (exact) mass is 223 g/mol. The van der Waals surface area contributed by atoms with Crippen LogP contribution in [-0.4, -0.2) is 18.8 Å². The maximum Gasteiger partial charge on any atom is 0.146 e. The van der Waals surface area contributed by atoms with Gasteiger partial charge in [0, 0.05) is 12.6 Å². The molecule has 2 unspecified atom stereocenters. The Hall–Kier alpha value is -1.09. The predicted molar refractivity (Wildman–Crippen MR) is 63.1 cm³/mol. The Morgan fingerprint density at radius 2 is 2.31 bits per heavy atom. The third-order valence-corrected chi connectivity index (χ3v) is 2.92. The van der Waals surface area contributed by atoms with Gasteiger partial charge in [0.1, 0.15) is 5.82 Å². The first kappa shape index (κ1) is 11.4. The molecule has 0 spiro atoms. The Labute approximate surface area is 95.8 Å². The Morgan fingerprint density at radius 3 is 3.00 bits per heavy atom. The number of anilines is 1. The summed E-state index contributed by atoms with van der Waals surface area (Å²) in [6, 6.07) is 7.01. The maximum absolute atomic E-state index is 13.4. The van der Waals surface area contributed by atoms with Crippen LogP contribution in [0.1, 0.15) is 26.2 Å². The minimum absolute atomic E-state index is 0.193. The third kappa shape index (κ3) is 2.95. The lowest BCUT2D eigenvalue weighted by molar-refractivity contribution is 0.101. The van der Waals surface area contributed by atoms with Crippen molar-refractivity contribution in [3.05, 3.63) is 30.1 Å². The average Bonchev–Trinajstić information content (AvgIpc) is 2.74. The molecular formula is C13H18FNO. The predicted octanol–water partition coefficient (Wildman–Crippen LogP) is 3.20. The van der Waals surface area contributed by atoms with Gasteiger partial charge in [-0.15, -0.1) is 0 Å². The van der Waals surface area contributed by atoms with Crippen molar-refractivity contribution >= 4 is 5.69 Å². The van der Waals surface area contributed by atoms with E-state index in [9.17, 15) is 4.39 Å². The molecule has 1 saturated heterocycles. The van der Waals surface area contributed by atoms with E-state index in [4.69, 9.17) is 4.74 Å². The van der Waals surface area contributed by atoms with Crippen molar-refractivity contribution < 1.29 is 9.13 Å². The highest BCUT2D eigenvalue weighted by atomic mass is 19.1. The number of ether oxygens (including phenoxy) is 1. The van der Waals surface area contributed by atoms with Crippen molar-refractivity contribution in [1.82, 2.24) is 0 Å². The fourth-order valence-electron chi connectivity index (χ4n) is 2.13. The molecule has 1 aliphatic rings. The highest BCUT2D eigenvalue weighted by Gasteiger charge is 2.18. The molecule has 1 heterocycles. The summed E-state index contributed by atoms with van der Waals surface area (Å²) >= 11 is 0. The topological polar surface area (TPSA) is 21.3 Å². The van der Waals surface area contributed by atoms with Crippen LogP contribution in [0, 0.1) is 5.82 Å². The van der Waals surface area contributed by atoms with E-state index in [0.717, 1.165) is 25.9 Å². The molecule has 88 valence electrons. The second-order valence-corrected chi connectivity index (χ2v) is 4.40. The fourth-order valence-corrected chi connectivity index (χ4v) is 2.13. The molecule has 1 aromatic rings. The smallest absolute Gasteiger partial charge is 0.146 e. The summed E-state index contributed by atoms with van der Waals surface area (Å²) in [5, 5.41) is 3.18. The molecule has 2 nitrogen and oxygen atoms in total. The molecule has 1 N–H and O–H groups in total. The number of para-hydroxylation sites is 1. The second kappa shape index (κ2) is 5.30. The first-order chi connectivity index (χ1) is 7.75. The molecule has 2 atom stereocenters. The summed E-state index contributed by atoms with van der Waals surface area (Å²) < 4.78 is 18.9. The van der Waals surface area contributed by atoms with E-state index in [1.54, 1.807) is 12.1 Å². The van der Waals surface area contributed by atoms with Crippen molar-refractivity contribution in [3.8, 4) is 0 Å². The summed E-state index contributed by atoms with van der Waals surface area (Å²) in [6.45, 7) is 2.94. The van der Waals surface area contributed by atoms with Gasteiger partial charge in [0.25, 0.3) is 0 Å². The van der Waals surface area contributed by atoms with Gasteiger partial charge in [-0.05, 0) is 38.3 Å². The molecule has 0 amide bonds. The molecule has 1 aromatic carbocycles. The number of halogens is 1. The molecule has 0 aromatic heterocycles. The zero-order chi connectivity index (χ0) is 11.4. The molecule has 0 saturated carbocycles. The van der Waals surface area contributed by atoms with E-state index < -0.39 is 0 Å². The minimum atomic E-state index is -0.193. The van der Waals surface area contributed by atoms with Crippen molar-refractivity contribution in [2.75, 3.05) is 11.9 Å². The minimum Gasteiger partial charge on any atom is -0.380 e. The van der Waals surface area contributed by atoms with Crippen LogP contribution in [0.2, 0.25) is 0 Å². The summed E-state index contributed by atoms with van der Waals surface area (Å²) in [6.07, 6.45) is 3.56. The van der Waals surface area contributed by atoms with Crippen LogP contribution < -0.4 is 5.32 Å². The third-order valence-electron chi connectivity index (χ3n) is 2.92. The van der Waals surface area contributed by atoms with E-state index in [-0.39, 0.29) is 11.9 Å². The number of rotatable bonds is 4. The van der Waals surface area contributed by atoms with E-state index >= 15 is 0 Å². The van der Waals surface area contributed by atoms with Gasteiger partial charge in [-0.2, -0.15) is 0 Å². The SMILES string of the molecule is CC(CC1CCCO1)Nc1ccccc1F. The Balaban J connectivity index is 1.86. The molecule has 2 rings (SSSR count). The molecule has 1 aliphatic heterocycles. The lowest BCUT2D eigenvalue weighted by atomic mass is 10.1. The van der Waals surface area contributed by atoms with Crippen molar-refractivity contribution in [2.24, 2.45) is 0 Å². The lowest BCUT2D eigenvalue weighted by Gasteiger charge is -2.19. The standard InChI is InChI=1S/C13H18FNO/c1-10(9-11-5-4-8-16-11)15-13-7-3-2-6-12(13)14/h2-3,6-7,10-11,15H,4-5,8-9H2,1H3. The van der Waals surface area contributed by atoms with Crippen molar-refractivity contribution in [3.63, 3.8) is 0 Å². The normalized spacial score (nSPS) is 22.0. The van der Waals surface area contributed by atoms with Gasteiger partial charge in [-0.25, -0.2) is 4.39 Å².